The fourth-order valence-electron chi connectivity index (χ4n) is 1.07. The monoisotopic (exact) mass is 160 g/mol. The SMILES string of the molecule is C/N=N/C(C)(CC(C)C)OO. The van der Waals surface area contributed by atoms with Crippen LogP contribution in [0.3, 0.4) is 0 Å². The topological polar surface area (TPSA) is 54.2 Å². The van der Waals surface area contributed by atoms with Crippen molar-refractivity contribution >= 4 is 0 Å². The molecule has 0 aliphatic carbocycles. The Balaban J connectivity index is 4.10. The normalized spacial score (nSPS) is 17.6. The summed E-state index contributed by atoms with van der Waals surface area (Å²) in [5, 5.41) is 15.9. The zero-order chi connectivity index (χ0) is 8.91. The number of nitrogens with zero attached hydrogens (tertiary/aromatic N) is 2. The van der Waals surface area contributed by atoms with Crippen molar-refractivity contribution in [2.75, 3.05) is 7.05 Å². The average molecular weight is 160 g/mol. The van der Waals surface area contributed by atoms with E-state index in [0.717, 1.165) is 0 Å². The second-order valence-corrected chi connectivity index (χ2v) is 3.16. The van der Waals surface area contributed by atoms with Gasteiger partial charge < -0.3 is 0 Å². The van der Waals surface area contributed by atoms with E-state index in [2.05, 4.69) is 15.1 Å². The van der Waals surface area contributed by atoms with Gasteiger partial charge in [-0.3, -0.25) is 0 Å². The first-order chi connectivity index (χ1) is 5.04. The van der Waals surface area contributed by atoms with Crippen LogP contribution in [-0.2, 0) is 4.89 Å². The third-order valence-corrected chi connectivity index (χ3v) is 1.30. The first-order valence-electron chi connectivity index (χ1n) is 3.67. The summed E-state index contributed by atoms with van der Waals surface area (Å²) in [5.74, 6) is 0.414. The largest absolute Gasteiger partial charge is 0.249 e. The molecule has 0 aromatic carbocycles. The molecule has 1 N–H and O–H groups in total. The Morgan fingerprint density at radius 3 is 2.36 bits per heavy atom. The minimum absolute atomic E-state index is 0.414. The molecule has 0 fully saturated rings. The maximum absolute atomic E-state index is 8.51. The summed E-state index contributed by atoms with van der Waals surface area (Å²) in [5.41, 5.74) is -0.872. The van der Waals surface area contributed by atoms with Crippen LogP contribution in [0.4, 0.5) is 0 Å². The summed E-state index contributed by atoms with van der Waals surface area (Å²) in [6, 6.07) is 0. The molecular formula is C7H16N2O2. The van der Waals surface area contributed by atoms with E-state index < -0.39 is 5.72 Å². The van der Waals surface area contributed by atoms with E-state index in [-0.39, 0.29) is 0 Å². The van der Waals surface area contributed by atoms with Crippen LogP contribution in [-0.4, -0.2) is 18.0 Å². The van der Waals surface area contributed by atoms with Gasteiger partial charge >= 0.3 is 0 Å². The lowest BCUT2D eigenvalue weighted by Crippen LogP contribution is -2.26. The number of hydrogen-bond donors (Lipinski definition) is 1. The van der Waals surface area contributed by atoms with Gasteiger partial charge in [-0.2, -0.15) is 10.2 Å². The lowest BCUT2D eigenvalue weighted by molar-refractivity contribution is -0.321. The Bertz CT molecular complexity index is 136. The molecule has 1 atom stereocenters. The summed E-state index contributed by atoms with van der Waals surface area (Å²) in [7, 11) is 1.55. The highest BCUT2D eigenvalue weighted by molar-refractivity contribution is 4.69. The van der Waals surface area contributed by atoms with Crippen LogP contribution in [0.15, 0.2) is 10.2 Å². The third-order valence-electron chi connectivity index (χ3n) is 1.30. The van der Waals surface area contributed by atoms with E-state index >= 15 is 0 Å². The lowest BCUT2D eigenvalue weighted by atomic mass is 10.0. The quantitative estimate of drug-likeness (QED) is 0.390. The molecule has 0 aromatic rings. The molecule has 4 nitrogen and oxygen atoms in total. The van der Waals surface area contributed by atoms with E-state index in [4.69, 9.17) is 5.26 Å². The second-order valence-electron chi connectivity index (χ2n) is 3.16. The smallest absolute Gasteiger partial charge is 0.209 e. The van der Waals surface area contributed by atoms with Gasteiger partial charge in [0.05, 0.1) is 0 Å². The van der Waals surface area contributed by atoms with Crippen LogP contribution in [0, 0.1) is 5.92 Å². The number of rotatable bonds is 4. The van der Waals surface area contributed by atoms with Crippen LogP contribution in [0.5, 0.6) is 0 Å². The van der Waals surface area contributed by atoms with E-state index in [1.54, 1.807) is 14.0 Å². The first kappa shape index (κ1) is 10.5. The Hall–Kier alpha value is -0.480. The van der Waals surface area contributed by atoms with Crippen molar-refractivity contribution in [2.24, 2.45) is 16.1 Å². The fourth-order valence-corrected chi connectivity index (χ4v) is 1.07. The van der Waals surface area contributed by atoms with E-state index in [9.17, 15) is 0 Å². The highest BCUT2D eigenvalue weighted by atomic mass is 17.1. The molecule has 0 heterocycles. The number of azo groups is 1. The zero-order valence-corrected chi connectivity index (χ0v) is 7.53. The summed E-state index contributed by atoms with van der Waals surface area (Å²) >= 11 is 0. The predicted molar refractivity (Wildman–Crippen MR) is 42.4 cm³/mol. The zero-order valence-electron chi connectivity index (χ0n) is 7.53. The Labute approximate surface area is 67.2 Å². The van der Waals surface area contributed by atoms with Crippen molar-refractivity contribution in [3.8, 4) is 0 Å². The molecule has 4 heteroatoms. The Morgan fingerprint density at radius 1 is 1.55 bits per heavy atom. The van der Waals surface area contributed by atoms with Gasteiger partial charge in [-0.1, -0.05) is 13.8 Å². The minimum Gasteiger partial charge on any atom is -0.249 e. The molecule has 0 radical (unpaired) electrons. The van der Waals surface area contributed by atoms with Gasteiger partial charge in [-0.15, -0.1) is 0 Å². The van der Waals surface area contributed by atoms with Crippen molar-refractivity contribution in [2.45, 2.75) is 32.9 Å². The average Bonchev–Trinajstić information content (AvgIpc) is 1.87. The number of hydrogen-bond acceptors (Lipinski definition) is 4. The van der Waals surface area contributed by atoms with Gasteiger partial charge in [0.15, 0.2) is 0 Å². The van der Waals surface area contributed by atoms with Gasteiger partial charge in [0.1, 0.15) is 0 Å². The highest BCUT2D eigenvalue weighted by Crippen LogP contribution is 2.21. The Morgan fingerprint density at radius 2 is 2.09 bits per heavy atom. The maximum atomic E-state index is 8.51. The Kier molecular flexibility index (Phi) is 4.22. The maximum Gasteiger partial charge on any atom is 0.209 e. The molecule has 0 spiro atoms. The summed E-state index contributed by atoms with van der Waals surface area (Å²) in [6.07, 6.45) is 0.654. The molecule has 1 unspecified atom stereocenters. The van der Waals surface area contributed by atoms with Gasteiger partial charge in [0, 0.05) is 13.5 Å². The van der Waals surface area contributed by atoms with Gasteiger partial charge in [0.25, 0.3) is 0 Å². The molecule has 0 bridgehead atoms. The van der Waals surface area contributed by atoms with Gasteiger partial charge in [0.2, 0.25) is 5.72 Å². The summed E-state index contributed by atoms with van der Waals surface area (Å²) < 4.78 is 0. The molecule has 66 valence electrons. The van der Waals surface area contributed by atoms with Crippen LogP contribution >= 0.6 is 0 Å². The van der Waals surface area contributed by atoms with Crippen LogP contribution in [0.2, 0.25) is 0 Å². The molecule has 0 aromatic heterocycles. The molecule has 0 aliphatic heterocycles. The van der Waals surface area contributed by atoms with Crippen LogP contribution in [0.1, 0.15) is 27.2 Å². The predicted octanol–water partition coefficient (Wildman–Crippen LogP) is 2.32. The fraction of sp³-hybridized carbons (Fsp3) is 1.00. The lowest BCUT2D eigenvalue weighted by Gasteiger charge is -2.21. The van der Waals surface area contributed by atoms with Crippen molar-refractivity contribution < 1.29 is 10.1 Å². The standard InChI is InChI=1S/C7H16N2O2/c1-6(2)5-7(3,11-10)9-8-4/h6,10H,5H2,1-4H3/b9-8+. The highest BCUT2D eigenvalue weighted by Gasteiger charge is 2.25. The van der Waals surface area contributed by atoms with E-state index in [1.807, 2.05) is 13.8 Å². The summed E-state index contributed by atoms with van der Waals surface area (Å²) in [4.78, 5) is 4.23. The molecule has 0 saturated carbocycles. The van der Waals surface area contributed by atoms with E-state index in [1.165, 1.54) is 0 Å². The molecule has 0 amide bonds. The van der Waals surface area contributed by atoms with Crippen molar-refractivity contribution in [3.63, 3.8) is 0 Å². The minimum atomic E-state index is -0.872. The van der Waals surface area contributed by atoms with Crippen molar-refractivity contribution in [1.29, 1.82) is 0 Å². The van der Waals surface area contributed by atoms with Crippen molar-refractivity contribution in [3.05, 3.63) is 0 Å². The molecule has 0 saturated heterocycles. The molecular weight excluding hydrogens is 144 g/mol. The molecule has 0 aliphatic rings. The van der Waals surface area contributed by atoms with Crippen LogP contribution in [0.25, 0.3) is 0 Å². The van der Waals surface area contributed by atoms with Gasteiger partial charge in [-0.05, 0) is 12.8 Å². The van der Waals surface area contributed by atoms with Crippen molar-refractivity contribution in [1.82, 2.24) is 0 Å². The molecule has 0 rings (SSSR count). The van der Waals surface area contributed by atoms with Gasteiger partial charge in [-0.25, -0.2) is 10.1 Å². The summed E-state index contributed by atoms with van der Waals surface area (Å²) in [6.45, 7) is 5.75. The third kappa shape index (κ3) is 4.06. The van der Waals surface area contributed by atoms with E-state index in [0.29, 0.717) is 12.3 Å². The van der Waals surface area contributed by atoms with Crippen LogP contribution < -0.4 is 0 Å². The molecule has 11 heavy (non-hydrogen) atoms. The first-order valence-corrected chi connectivity index (χ1v) is 3.67. The second kappa shape index (κ2) is 4.41.